The van der Waals surface area contributed by atoms with Crippen molar-refractivity contribution in [3.8, 4) is 11.4 Å². The van der Waals surface area contributed by atoms with E-state index in [1.54, 1.807) is 16.7 Å². The molecule has 1 aromatic heterocycles. The van der Waals surface area contributed by atoms with Crippen molar-refractivity contribution in [2.45, 2.75) is 57.4 Å². The van der Waals surface area contributed by atoms with Crippen LogP contribution >= 0.6 is 11.8 Å². The molecule has 1 N–H and O–H groups in total. The molecule has 0 saturated heterocycles. The fraction of sp³-hybridized carbons (Fsp3) is 0.370. The number of aryl methyl sites for hydroxylation is 1. The van der Waals surface area contributed by atoms with Crippen molar-refractivity contribution < 1.29 is 9.32 Å². The van der Waals surface area contributed by atoms with Crippen LogP contribution in [0.5, 0.6) is 0 Å². The molecule has 34 heavy (non-hydrogen) atoms. The lowest BCUT2D eigenvalue weighted by atomic mass is 9.93. The van der Waals surface area contributed by atoms with Gasteiger partial charge in [0.05, 0.1) is 11.6 Å². The van der Waals surface area contributed by atoms with E-state index >= 15 is 0 Å². The second kappa shape index (κ2) is 10.9. The molecule has 0 aliphatic carbocycles. The Labute approximate surface area is 205 Å². The Bertz CT molecular complexity index is 1150. The van der Waals surface area contributed by atoms with E-state index in [1.807, 2.05) is 25.3 Å². The minimum Gasteiger partial charge on any atom is -0.334 e. The van der Waals surface area contributed by atoms with Gasteiger partial charge in [-0.1, -0.05) is 56.1 Å². The number of allylic oxidation sites excluding steroid dienone is 1. The maximum atomic E-state index is 13.1. The van der Waals surface area contributed by atoms with E-state index in [2.05, 4.69) is 60.7 Å². The Morgan fingerprint density at radius 3 is 2.44 bits per heavy atom. The van der Waals surface area contributed by atoms with Gasteiger partial charge in [0.1, 0.15) is 0 Å². The number of urea groups is 1. The van der Waals surface area contributed by atoms with E-state index in [0.29, 0.717) is 18.3 Å². The molecule has 0 fully saturated rings. The van der Waals surface area contributed by atoms with Gasteiger partial charge in [0.2, 0.25) is 5.82 Å². The first kappa shape index (κ1) is 24.1. The van der Waals surface area contributed by atoms with Crippen LogP contribution < -0.4 is 5.32 Å². The molecule has 2 aromatic carbocycles. The van der Waals surface area contributed by atoms with Crippen molar-refractivity contribution in [2.24, 2.45) is 0 Å². The number of amides is 2. The van der Waals surface area contributed by atoms with Gasteiger partial charge in [0, 0.05) is 22.7 Å². The molecule has 0 bridgehead atoms. The summed E-state index contributed by atoms with van der Waals surface area (Å²) in [6, 6.07) is 16.0. The van der Waals surface area contributed by atoms with Crippen molar-refractivity contribution in [3.63, 3.8) is 0 Å². The lowest BCUT2D eigenvalue weighted by Crippen LogP contribution is -2.46. The Morgan fingerprint density at radius 1 is 1.06 bits per heavy atom. The first-order valence-corrected chi connectivity index (χ1v) is 13.1. The molecule has 2 heterocycles. The third kappa shape index (κ3) is 5.04. The van der Waals surface area contributed by atoms with Gasteiger partial charge < -0.3 is 9.84 Å². The average Bonchev–Trinajstić information content (AvgIpc) is 3.35. The topological polar surface area (TPSA) is 71.3 Å². The number of nitrogens with one attached hydrogen (secondary N) is 1. The van der Waals surface area contributed by atoms with Gasteiger partial charge in [-0.05, 0) is 61.4 Å². The van der Waals surface area contributed by atoms with Gasteiger partial charge in [0.25, 0.3) is 5.89 Å². The number of benzene rings is 2. The predicted molar refractivity (Wildman–Crippen MR) is 137 cm³/mol. The van der Waals surface area contributed by atoms with Gasteiger partial charge >= 0.3 is 6.03 Å². The molecular formula is C27H32N4O2S. The Hall–Kier alpha value is -3.06. The van der Waals surface area contributed by atoms with Crippen LogP contribution in [-0.2, 0) is 6.42 Å². The summed E-state index contributed by atoms with van der Waals surface area (Å²) in [5, 5.41) is 7.46. The Kier molecular flexibility index (Phi) is 7.73. The van der Waals surface area contributed by atoms with Crippen molar-refractivity contribution in [1.29, 1.82) is 0 Å². The molecule has 0 spiro atoms. The van der Waals surface area contributed by atoms with E-state index in [9.17, 15) is 4.79 Å². The number of hydrogen-bond donors (Lipinski definition) is 1. The fourth-order valence-electron chi connectivity index (χ4n) is 4.23. The van der Waals surface area contributed by atoms with Gasteiger partial charge in [0.15, 0.2) is 0 Å². The minimum atomic E-state index is -0.354. The minimum absolute atomic E-state index is 0.0886. The number of carbonyl (C=O) groups is 1. The zero-order valence-corrected chi connectivity index (χ0v) is 21.1. The number of hydrogen-bond acceptors (Lipinski definition) is 5. The van der Waals surface area contributed by atoms with Crippen LogP contribution in [-0.4, -0.2) is 33.9 Å². The third-order valence-corrected chi connectivity index (χ3v) is 7.05. The molecule has 0 radical (unpaired) electrons. The van der Waals surface area contributed by atoms with Crippen molar-refractivity contribution in [3.05, 3.63) is 71.2 Å². The van der Waals surface area contributed by atoms with Gasteiger partial charge in [-0.2, -0.15) is 4.98 Å². The molecule has 1 unspecified atom stereocenters. The van der Waals surface area contributed by atoms with Crippen LogP contribution in [0.4, 0.5) is 4.79 Å². The van der Waals surface area contributed by atoms with Crippen LogP contribution in [0.25, 0.3) is 17.0 Å². The molecular weight excluding hydrogens is 444 g/mol. The first-order chi connectivity index (χ1) is 16.5. The molecule has 3 aromatic rings. The zero-order chi connectivity index (χ0) is 24.1. The second-order valence-corrected chi connectivity index (χ2v) is 9.37. The lowest BCUT2D eigenvalue weighted by molar-refractivity contribution is 0.204. The van der Waals surface area contributed by atoms with E-state index in [-0.39, 0.29) is 12.1 Å². The maximum Gasteiger partial charge on any atom is 0.322 e. The monoisotopic (exact) mass is 476 g/mol. The molecule has 0 saturated carbocycles. The fourth-order valence-corrected chi connectivity index (χ4v) is 4.64. The van der Waals surface area contributed by atoms with Gasteiger partial charge in [-0.3, -0.25) is 4.90 Å². The highest BCUT2D eigenvalue weighted by atomic mass is 32.2. The van der Waals surface area contributed by atoms with Gasteiger partial charge in [-0.25, -0.2) is 4.79 Å². The summed E-state index contributed by atoms with van der Waals surface area (Å²) in [7, 11) is 0. The summed E-state index contributed by atoms with van der Waals surface area (Å²) in [5.41, 5.74) is 4.85. The van der Waals surface area contributed by atoms with E-state index in [4.69, 9.17) is 9.51 Å². The molecule has 7 heteroatoms. The van der Waals surface area contributed by atoms with E-state index < -0.39 is 0 Å². The number of thioether (sulfide) groups is 1. The first-order valence-electron chi connectivity index (χ1n) is 11.9. The molecule has 1 aliphatic rings. The van der Waals surface area contributed by atoms with Crippen LogP contribution in [0.2, 0.25) is 0 Å². The molecule has 2 amide bonds. The SMILES string of the molecule is CCCCCN1C(=O)NC(c2ccc(CC)cc2)C(c2nc(-c3ccc(SC)cc3)no2)=C1C. The van der Waals surface area contributed by atoms with Crippen molar-refractivity contribution in [1.82, 2.24) is 20.4 Å². The molecule has 1 atom stereocenters. The summed E-state index contributed by atoms with van der Waals surface area (Å²) >= 11 is 1.69. The largest absolute Gasteiger partial charge is 0.334 e. The number of unbranched alkanes of at least 4 members (excludes halogenated alkanes) is 2. The summed E-state index contributed by atoms with van der Waals surface area (Å²) in [6.07, 6.45) is 6.13. The maximum absolute atomic E-state index is 13.1. The summed E-state index contributed by atoms with van der Waals surface area (Å²) in [4.78, 5) is 20.8. The predicted octanol–water partition coefficient (Wildman–Crippen LogP) is 6.71. The van der Waals surface area contributed by atoms with Crippen LogP contribution in [0, 0.1) is 0 Å². The number of aromatic nitrogens is 2. The Balaban J connectivity index is 1.74. The number of nitrogens with zero attached hydrogens (tertiary/aromatic N) is 3. The van der Waals surface area contributed by atoms with Gasteiger partial charge in [-0.15, -0.1) is 11.8 Å². The average molecular weight is 477 g/mol. The van der Waals surface area contributed by atoms with E-state index in [0.717, 1.165) is 48.1 Å². The highest BCUT2D eigenvalue weighted by molar-refractivity contribution is 7.98. The normalized spacial score (nSPS) is 16.2. The third-order valence-electron chi connectivity index (χ3n) is 6.31. The quantitative estimate of drug-likeness (QED) is 0.274. The highest BCUT2D eigenvalue weighted by Gasteiger charge is 2.35. The highest BCUT2D eigenvalue weighted by Crippen LogP contribution is 2.37. The smallest absolute Gasteiger partial charge is 0.322 e. The van der Waals surface area contributed by atoms with Crippen molar-refractivity contribution >= 4 is 23.4 Å². The molecule has 4 rings (SSSR count). The van der Waals surface area contributed by atoms with Crippen molar-refractivity contribution in [2.75, 3.05) is 12.8 Å². The number of carbonyl (C=O) groups excluding carboxylic acids is 1. The summed E-state index contributed by atoms with van der Waals surface area (Å²) < 4.78 is 5.79. The van der Waals surface area contributed by atoms with Crippen LogP contribution in [0.3, 0.4) is 0 Å². The second-order valence-electron chi connectivity index (χ2n) is 8.49. The van der Waals surface area contributed by atoms with Crippen LogP contribution in [0.15, 0.2) is 63.6 Å². The van der Waals surface area contributed by atoms with Crippen LogP contribution in [0.1, 0.15) is 63.1 Å². The number of rotatable bonds is 9. The molecule has 1 aliphatic heterocycles. The summed E-state index contributed by atoms with van der Waals surface area (Å²) in [5.74, 6) is 0.976. The lowest BCUT2D eigenvalue weighted by Gasteiger charge is -2.35. The molecule has 6 nitrogen and oxygen atoms in total. The molecule has 178 valence electrons. The Morgan fingerprint density at radius 2 is 1.79 bits per heavy atom. The van der Waals surface area contributed by atoms with E-state index in [1.165, 1.54) is 10.5 Å². The standard InChI is InChI=1S/C27H32N4O2S/c1-5-7-8-17-31-18(3)23(24(28-27(31)32)20-11-9-19(6-2)10-12-20)26-29-25(30-33-26)21-13-15-22(34-4)16-14-21/h9-16,24H,5-8,17H2,1-4H3,(H,28,32). The summed E-state index contributed by atoms with van der Waals surface area (Å²) in [6.45, 7) is 6.93. The zero-order valence-electron chi connectivity index (χ0n) is 20.3.